The molecule has 2 aliphatic heterocycles. The van der Waals surface area contributed by atoms with Crippen LogP contribution in [-0.4, -0.2) is 43.4 Å². The first kappa shape index (κ1) is 12.9. The second kappa shape index (κ2) is 5.51. The molecule has 3 nitrogen and oxygen atoms in total. The van der Waals surface area contributed by atoms with Crippen molar-refractivity contribution in [2.45, 2.75) is 25.3 Å². The van der Waals surface area contributed by atoms with Gasteiger partial charge in [0, 0.05) is 30.4 Å². The number of carbonyl (C=O) groups excluding carboxylic acids is 1. The quantitative estimate of drug-likeness (QED) is 0.795. The maximum absolute atomic E-state index is 10.8. The standard InChI is InChI=1S/C15H19ClN2O/c16-15-9-13(4-3-12(15)11-19)18-8-5-14(10-18)17-6-1-2-7-17/h3-4,9,11,14H,1-2,5-8,10H2. The zero-order valence-electron chi connectivity index (χ0n) is 11.0. The van der Waals surface area contributed by atoms with Gasteiger partial charge >= 0.3 is 0 Å². The predicted octanol–water partition coefficient (Wildman–Crippen LogP) is 2.83. The van der Waals surface area contributed by atoms with Crippen molar-refractivity contribution >= 4 is 23.6 Å². The molecule has 19 heavy (non-hydrogen) atoms. The monoisotopic (exact) mass is 278 g/mol. The van der Waals surface area contributed by atoms with Crippen LogP contribution in [0.25, 0.3) is 0 Å². The number of halogens is 1. The van der Waals surface area contributed by atoms with Crippen LogP contribution in [0.5, 0.6) is 0 Å². The van der Waals surface area contributed by atoms with E-state index in [1.807, 2.05) is 18.2 Å². The molecule has 0 aromatic heterocycles. The van der Waals surface area contributed by atoms with Crippen molar-refractivity contribution in [3.8, 4) is 0 Å². The molecule has 1 unspecified atom stereocenters. The van der Waals surface area contributed by atoms with Gasteiger partial charge in [-0.2, -0.15) is 0 Å². The van der Waals surface area contributed by atoms with Crippen LogP contribution in [0.15, 0.2) is 18.2 Å². The number of rotatable bonds is 3. The third-order valence-corrected chi connectivity index (χ3v) is 4.62. The van der Waals surface area contributed by atoms with Gasteiger partial charge in [-0.15, -0.1) is 0 Å². The number of likely N-dealkylation sites (tertiary alicyclic amines) is 1. The van der Waals surface area contributed by atoms with Crippen molar-refractivity contribution < 1.29 is 4.79 Å². The Kier molecular flexibility index (Phi) is 3.76. The summed E-state index contributed by atoms with van der Waals surface area (Å²) in [6.07, 6.45) is 4.73. The van der Waals surface area contributed by atoms with Crippen molar-refractivity contribution in [2.75, 3.05) is 31.1 Å². The van der Waals surface area contributed by atoms with Gasteiger partial charge in [0.25, 0.3) is 0 Å². The zero-order chi connectivity index (χ0) is 13.2. The number of anilines is 1. The van der Waals surface area contributed by atoms with Crippen LogP contribution in [0.3, 0.4) is 0 Å². The summed E-state index contributed by atoms with van der Waals surface area (Å²) in [7, 11) is 0. The molecule has 4 heteroatoms. The first-order valence-electron chi connectivity index (χ1n) is 7.01. The lowest BCUT2D eigenvalue weighted by molar-refractivity contribution is 0.112. The smallest absolute Gasteiger partial charge is 0.151 e. The number of nitrogens with zero attached hydrogens (tertiary/aromatic N) is 2. The van der Waals surface area contributed by atoms with E-state index in [0.29, 0.717) is 16.6 Å². The van der Waals surface area contributed by atoms with E-state index < -0.39 is 0 Å². The highest BCUT2D eigenvalue weighted by Crippen LogP contribution is 2.28. The number of benzene rings is 1. The van der Waals surface area contributed by atoms with Gasteiger partial charge in [0.05, 0.1) is 5.02 Å². The Bertz CT molecular complexity index is 471. The molecule has 2 heterocycles. The summed E-state index contributed by atoms with van der Waals surface area (Å²) < 4.78 is 0. The topological polar surface area (TPSA) is 23.6 Å². The Labute approximate surface area is 119 Å². The average Bonchev–Trinajstić information content (AvgIpc) is 3.09. The summed E-state index contributed by atoms with van der Waals surface area (Å²) in [4.78, 5) is 15.8. The second-order valence-corrected chi connectivity index (χ2v) is 5.86. The normalized spacial score (nSPS) is 24.1. The van der Waals surface area contributed by atoms with E-state index in [1.165, 1.54) is 32.4 Å². The van der Waals surface area contributed by atoms with Crippen LogP contribution in [-0.2, 0) is 0 Å². The summed E-state index contributed by atoms with van der Waals surface area (Å²) in [5, 5.41) is 0.553. The minimum atomic E-state index is 0.553. The van der Waals surface area contributed by atoms with E-state index >= 15 is 0 Å². The van der Waals surface area contributed by atoms with E-state index in [9.17, 15) is 4.79 Å². The van der Waals surface area contributed by atoms with Gasteiger partial charge in [0.1, 0.15) is 0 Å². The second-order valence-electron chi connectivity index (χ2n) is 5.46. The molecule has 1 aromatic carbocycles. The fraction of sp³-hybridized carbons (Fsp3) is 0.533. The molecule has 0 aliphatic carbocycles. The highest BCUT2D eigenvalue weighted by atomic mass is 35.5. The van der Waals surface area contributed by atoms with Gasteiger partial charge in [-0.3, -0.25) is 9.69 Å². The number of carbonyl (C=O) groups is 1. The molecule has 0 N–H and O–H groups in total. The maximum atomic E-state index is 10.8. The molecule has 0 saturated carbocycles. The fourth-order valence-electron chi connectivity index (χ4n) is 3.19. The maximum Gasteiger partial charge on any atom is 0.151 e. The van der Waals surface area contributed by atoms with Crippen LogP contribution in [0.2, 0.25) is 5.02 Å². The van der Waals surface area contributed by atoms with Gasteiger partial charge in [-0.25, -0.2) is 0 Å². The van der Waals surface area contributed by atoms with Crippen LogP contribution >= 0.6 is 11.6 Å². The largest absolute Gasteiger partial charge is 0.370 e. The highest BCUT2D eigenvalue weighted by molar-refractivity contribution is 6.33. The summed E-state index contributed by atoms with van der Waals surface area (Å²) in [6.45, 7) is 4.67. The summed E-state index contributed by atoms with van der Waals surface area (Å²) >= 11 is 6.10. The Morgan fingerprint density at radius 1 is 1.21 bits per heavy atom. The summed E-state index contributed by atoms with van der Waals surface area (Å²) in [5.74, 6) is 0. The lowest BCUT2D eigenvalue weighted by Crippen LogP contribution is -2.35. The molecule has 102 valence electrons. The lowest BCUT2D eigenvalue weighted by atomic mass is 10.2. The Hall–Kier alpha value is -1.06. The number of hydrogen-bond acceptors (Lipinski definition) is 3. The molecule has 0 bridgehead atoms. The Balaban J connectivity index is 1.70. The van der Waals surface area contributed by atoms with Crippen LogP contribution in [0.4, 0.5) is 5.69 Å². The molecule has 2 saturated heterocycles. The molecule has 0 spiro atoms. The molecular weight excluding hydrogens is 260 g/mol. The summed E-state index contributed by atoms with van der Waals surface area (Å²) in [5.41, 5.74) is 1.71. The van der Waals surface area contributed by atoms with E-state index in [-0.39, 0.29) is 0 Å². The van der Waals surface area contributed by atoms with Gasteiger partial charge in [-0.1, -0.05) is 11.6 Å². The summed E-state index contributed by atoms with van der Waals surface area (Å²) in [6, 6.07) is 6.42. The van der Waals surface area contributed by atoms with E-state index in [4.69, 9.17) is 11.6 Å². The average molecular weight is 279 g/mol. The molecule has 2 aliphatic rings. The van der Waals surface area contributed by atoms with E-state index in [0.717, 1.165) is 25.1 Å². The third kappa shape index (κ3) is 2.63. The van der Waals surface area contributed by atoms with Crippen LogP contribution < -0.4 is 4.90 Å². The van der Waals surface area contributed by atoms with Crippen LogP contribution in [0, 0.1) is 0 Å². The molecule has 3 rings (SSSR count). The molecule has 0 amide bonds. The Morgan fingerprint density at radius 2 is 2.00 bits per heavy atom. The zero-order valence-corrected chi connectivity index (χ0v) is 11.8. The van der Waals surface area contributed by atoms with Crippen LogP contribution in [0.1, 0.15) is 29.6 Å². The minimum Gasteiger partial charge on any atom is -0.370 e. The van der Waals surface area contributed by atoms with Gasteiger partial charge in [0.2, 0.25) is 0 Å². The molecule has 0 radical (unpaired) electrons. The van der Waals surface area contributed by atoms with Gasteiger partial charge < -0.3 is 4.90 Å². The number of aldehydes is 1. The van der Waals surface area contributed by atoms with Crippen molar-refractivity contribution in [3.05, 3.63) is 28.8 Å². The SMILES string of the molecule is O=Cc1ccc(N2CCC(N3CCCC3)C2)cc1Cl. The van der Waals surface area contributed by atoms with Crippen molar-refractivity contribution in [3.63, 3.8) is 0 Å². The first-order chi connectivity index (χ1) is 9.28. The first-order valence-corrected chi connectivity index (χ1v) is 7.39. The third-order valence-electron chi connectivity index (χ3n) is 4.30. The van der Waals surface area contributed by atoms with Gasteiger partial charge in [0.15, 0.2) is 6.29 Å². The Morgan fingerprint density at radius 3 is 2.68 bits per heavy atom. The molecule has 1 aromatic rings. The van der Waals surface area contributed by atoms with Crippen molar-refractivity contribution in [1.29, 1.82) is 0 Å². The van der Waals surface area contributed by atoms with E-state index in [1.54, 1.807) is 0 Å². The van der Waals surface area contributed by atoms with Crippen molar-refractivity contribution in [1.82, 2.24) is 4.90 Å². The fourth-order valence-corrected chi connectivity index (χ4v) is 3.41. The van der Waals surface area contributed by atoms with Crippen molar-refractivity contribution in [2.24, 2.45) is 0 Å². The van der Waals surface area contributed by atoms with Gasteiger partial charge in [-0.05, 0) is 50.6 Å². The molecule has 1 atom stereocenters. The minimum absolute atomic E-state index is 0.553. The van der Waals surface area contributed by atoms with E-state index in [2.05, 4.69) is 9.80 Å². The molecular formula is C15H19ClN2O. The number of hydrogen-bond donors (Lipinski definition) is 0. The highest BCUT2D eigenvalue weighted by Gasteiger charge is 2.29. The molecule has 2 fully saturated rings. The predicted molar refractivity (Wildman–Crippen MR) is 78.3 cm³/mol. The lowest BCUT2D eigenvalue weighted by Gasteiger charge is -2.24.